The number of aliphatic hydroxyl groups excluding tert-OH is 1. The molecule has 1 saturated carbocycles. The van der Waals surface area contributed by atoms with Gasteiger partial charge in [0.1, 0.15) is 5.82 Å². The molecule has 0 aliphatic heterocycles. The Morgan fingerprint density at radius 2 is 2.14 bits per heavy atom. The summed E-state index contributed by atoms with van der Waals surface area (Å²) in [5.74, 6) is -0.166. The average Bonchev–Trinajstić information content (AvgIpc) is 2.10. The van der Waals surface area contributed by atoms with Crippen molar-refractivity contribution in [3.05, 3.63) is 35.1 Å². The molecule has 0 saturated heterocycles. The number of rotatable bonds is 2. The second-order valence-corrected chi connectivity index (χ2v) is 4.26. The van der Waals surface area contributed by atoms with Crippen LogP contribution in [0.1, 0.15) is 30.4 Å². The molecule has 1 aliphatic carbocycles. The summed E-state index contributed by atoms with van der Waals surface area (Å²) in [6.07, 6.45) is 3.21. The van der Waals surface area contributed by atoms with Gasteiger partial charge in [-0.15, -0.1) is 0 Å². The van der Waals surface area contributed by atoms with Gasteiger partial charge in [-0.1, -0.05) is 18.6 Å². The largest absolute Gasteiger partial charge is 0.395 e. The fourth-order valence-corrected chi connectivity index (χ4v) is 2.12. The minimum atomic E-state index is -0.166. The van der Waals surface area contributed by atoms with E-state index >= 15 is 0 Å². The van der Waals surface area contributed by atoms with Crippen LogP contribution in [0.5, 0.6) is 0 Å². The molecule has 0 unspecified atom stereocenters. The molecule has 0 atom stereocenters. The van der Waals surface area contributed by atoms with Crippen molar-refractivity contribution < 1.29 is 9.50 Å². The highest BCUT2D eigenvalue weighted by molar-refractivity contribution is 5.32. The Balaban J connectivity index is 2.36. The zero-order chi connectivity index (χ0) is 10.2. The smallest absolute Gasteiger partial charge is 0.126 e. The van der Waals surface area contributed by atoms with E-state index in [4.69, 9.17) is 0 Å². The third kappa shape index (κ3) is 1.34. The Morgan fingerprint density at radius 1 is 1.43 bits per heavy atom. The molecule has 0 spiro atoms. The predicted molar refractivity (Wildman–Crippen MR) is 53.8 cm³/mol. The minimum absolute atomic E-state index is 0.0710. The van der Waals surface area contributed by atoms with E-state index in [1.165, 1.54) is 6.07 Å². The van der Waals surface area contributed by atoms with E-state index in [9.17, 15) is 9.50 Å². The lowest BCUT2D eigenvalue weighted by atomic mass is 9.65. The summed E-state index contributed by atoms with van der Waals surface area (Å²) in [5.41, 5.74) is 1.69. The fourth-order valence-electron chi connectivity index (χ4n) is 2.12. The Morgan fingerprint density at radius 3 is 2.57 bits per heavy atom. The van der Waals surface area contributed by atoms with Gasteiger partial charge in [0.05, 0.1) is 6.61 Å². The highest BCUT2D eigenvalue weighted by atomic mass is 19.1. The zero-order valence-electron chi connectivity index (χ0n) is 8.39. The molecular formula is C12H15FO. The topological polar surface area (TPSA) is 20.2 Å². The quantitative estimate of drug-likeness (QED) is 0.767. The number of halogens is 1. The third-order valence-corrected chi connectivity index (χ3v) is 3.38. The second kappa shape index (κ2) is 3.35. The van der Waals surface area contributed by atoms with Gasteiger partial charge in [-0.3, -0.25) is 0 Å². The normalized spacial score (nSPS) is 19.1. The first-order valence-electron chi connectivity index (χ1n) is 5.05. The van der Waals surface area contributed by atoms with E-state index in [2.05, 4.69) is 0 Å². The van der Waals surface area contributed by atoms with Crippen molar-refractivity contribution in [3.63, 3.8) is 0 Å². The van der Waals surface area contributed by atoms with Crippen LogP contribution in [0, 0.1) is 12.7 Å². The van der Waals surface area contributed by atoms with Gasteiger partial charge < -0.3 is 5.11 Å². The van der Waals surface area contributed by atoms with Gasteiger partial charge in [0, 0.05) is 5.41 Å². The number of benzene rings is 1. The maximum Gasteiger partial charge on any atom is 0.126 e. The summed E-state index contributed by atoms with van der Waals surface area (Å²) in [4.78, 5) is 0. The van der Waals surface area contributed by atoms with Crippen LogP contribution in [0.15, 0.2) is 18.2 Å². The van der Waals surface area contributed by atoms with E-state index < -0.39 is 0 Å². The zero-order valence-corrected chi connectivity index (χ0v) is 8.39. The van der Waals surface area contributed by atoms with Gasteiger partial charge in [-0.2, -0.15) is 0 Å². The maximum absolute atomic E-state index is 13.1. The summed E-state index contributed by atoms with van der Waals surface area (Å²) in [5, 5.41) is 9.36. The first kappa shape index (κ1) is 9.66. The lowest BCUT2D eigenvalue weighted by Gasteiger charge is -2.41. The number of aliphatic hydroxyl groups is 1. The molecule has 2 heteroatoms. The van der Waals surface area contributed by atoms with Crippen LogP contribution in [0.25, 0.3) is 0 Å². The average molecular weight is 194 g/mol. The third-order valence-electron chi connectivity index (χ3n) is 3.38. The Hall–Kier alpha value is -0.890. The van der Waals surface area contributed by atoms with E-state index in [1.54, 1.807) is 13.0 Å². The fraction of sp³-hybridized carbons (Fsp3) is 0.500. The molecule has 1 N–H and O–H groups in total. The minimum Gasteiger partial charge on any atom is -0.395 e. The van der Waals surface area contributed by atoms with Crippen LogP contribution in [-0.2, 0) is 5.41 Å². The SMILES string of the molecule is Cc1cc(C2(CO)CCC2)ccc1F. The molecule has 2 rings (SSSR count). The van der Waals surface area contributed by atoms with Crippen LogP contribution >= 0.6 is 0 Å². The van der Waals surface area contributed by atoms with Crippen molar-refractivity contribution in [2.24, 2.45) is 0 Å². The maximum atomic E-state index is 13.1. The molecule has 0 aromatic heterocycles. The lowest BCUT2D eigenvalue weighted by molar-refractivity contribution is 0.120. The van der Waals surface area contributed by atoms with Crippen molar-refractivity contribution in [3.8, 4) is 0 Å². The molecule has 1 aromatic rings. The Kier molecular flexibility index (Phi) is 2.31. The van der Waals surface area contributed by atoms with Crippen LogP contribution in [0.2, 0.25) is 0 Å². The van der Waals surface area contributed by atoms with Crippen molar-refractivity contribution in [2.75, 3.05) is 6.61 Å². The van der Waals surface area contributed by atoms with E-state index in [0.29, 0.717) is 5.56 Å². The van der Waals surface area contributed by atoms with Crippen molar-refractivity contribution in [1.82, 2.24) is 0 Å². The van der Waals surface area contributed by atoms with Gasteiger partial charge in [0.15, 0.2) is 0 Å². The molecule has 0 heterocycles. The van der Waals surface area contributed by atoms with Crippen LogP contribution in [0.3, 0.4) is 0 Å². The molecule has 1 nitrogen and oxygen atoms in total. The van der Waals surface area contributed by atoms with Crippen LogP contribution in [0.4, 0.5) is 4.39 Å². The standard InChI is InChI=1S/C12H15FO/c1-9-7-10(3-4-11(9)13)12(8-14)5-2-6-12/h3-4,7,14H,2,5-6,8H2,1H3. The number of hydrogen-bond acceptors (Lipinski definition) is 1. The molecule has 1 aliphatic rings. The molecule has 14 heavy (non-hydrogen) atoms. The molecular weight excluding hydrogens is 179 g/mol. The van der Waals surface area contributed by atoms with E-state index in [1.807, 2.05) is 6.07 Å². The molecule has 0 amide bonds. The highest BCUT2D eigenvalue weighted by Crippen LogP contribution is 2.43. The first-order chi connectivity index (χ1) is 6.68. The van der Waals surface area contributed by atoms with E-state index in [-0.39, 0.29) is 17.8 Å². The summed E-state index contributed by atoms with van der Waals surface area (Å²) >= 11 is 0. The summed E-state index contributed by atoms with van der Waals surface area (Å²) in [7, 11) is 0. The van der Waals surface area contributed by atoms with Crippen molar-refractivity contribution in [2.45, 2.75) is 31.6 Å². The predicted octanol–water partition coefficient (Wildman–Crippen LogP) is 2.55. The van der Waals surface area contributed by atoms with Gasteiger partial charge >= 0.3 is 0 Å². The summed E-state index contributed by atoms with van der Waals surface area (Å²) in [6.45, 7) is 1.95. The highest BCUT2D eigenvalue weighted by Gasteiger charge is 2.38. The lowest BCUT2D eigenvalue weighted by Crippen LogP contribution is -2.37. The molecule has 1 aromatic carbocycles. The van der Waals surface area contributed by atoms with Crippen LogP contribution in [-0.4, -0.2) is 11.7 Å². The van der Waals surface area contributed by atoms with Gasteiger partial charge in [-0.05, 0) is 37.0 Å². The monoisotopic (exact) mass is 194 g/mol. The number of hydrogen-bond donors (Lipinski definition) is 1. The van der Waals surface area contributed by atoms with Crippen molar-refractivity contribution >= 4 is 0 Å². The second-order valence-electron chi connectivity index (χ2n) is 4.26. The van der Waals surface area contributed by atoms with Gasteiger partial charge in [-0.25, -0.2) is 4.39 Å². The van der Waals surface area contributed by atoms with Gasteiger partial charge in [0.25, 0.3) is 0 Å². The summed E-state index contributed by atoms with van der Waals surface area (Å²) < 4.78 is 13.1. The summed E-state index contributed by atoms with van der Waals surface area (Å²) in [6, 6.07) is 5.17. The Bertz CT molecular complexity index is 337. The van der Waals surface area contributed by atoms with Gasteiger partial charge in [0.2, 0.25) is 0 Å². The molecule has 0 radical (unpaired) electrons. The molecule has 1 fully saturated rings. The Labute approximate surface area is 83.6 Å². The van der Waals surface area contributed by atoms with E-state index in [0.717, 1.165) is 24.8 Å². The molecule has 0 bridgehead atoms. The van der Waals surface area contributed by atoms with Crippen LogP contribution < -0.4 is 0 Å². The molecule has 76 valence electrons. The van der Waals surface area contributed by atoms with Crippen molar-refractivity contribution in [1.29, 1.82) is 0 Å². The number of aryl methyl sites for hydroxylation is 1. The first-order valence-corrected chi connectivity index (χ1v) is 5.05.